The summed E-state index contributed by atoms with van der Waals surface area (Å²) in [6.07, 6.45) is 4.51. The lowest BCUT2D eigenvalue weighted by molar-refractivity contribution is 0.485. The van der Waals surface area contributed by atoms with Crippen molar-refractivity contribution in [2.24, 2.45) is 0 Å². The first-order valence-electron chi connectivity index (χ1n) is 8.29. The van der Waals surface area contributed by atoms with Crippen LogP contribution in [0.1, 0.15) is 56.5 Å². The van der Waals surface area contributed by atoms with E-state index in [4.69, 9.17) is 0 Å². The first kappa shape index (κ1) is 17.5. The molecule has 0 bridgehead atoms. The Labute approximate surface area is 145 Å². The van der Waals surface area contributed by atoms with Gasteiger partial charge in [0.25, 0.3) is 0 Å². The average Bonchev–Trinajstić information content (AvgIpc) is 2.93. The zero-order valence-electron chi connectivity index (χ0n) is 14.6. The fourth-order valence-corrected chi connectivity index (χ4v) is 3.83. The predicted molar refractivity (Wildman–Crippen MR) is 95.0 cm³/mol. The summed E-state index contributed by atoms with van der Waals surface area (Å²) in [6, 6.07) is 5.04. The molecular formula is C18H24FN3OS. The van der Waals surface area contributed by atoms with Crippen LogP contribution >= 0.6 is 0 Å². The van der Waals surface area contributed by atoms with Crippen LogP contribution in [0.2, 0.25) is 0 Å². The number of nitrogens with one attached hydrogen (secondary N) is 1. The summed E-state index contributed by atoms with van der Waals surface area (Å²) in [7, 11) is 0. The van der Waals surface area contributed by atoms with Crippen LogP contribution in [0.15, 0.2) is 24.4 Å². The molecule has 2 atom stereocenters. The van der Waals surface area contributed by atoms with E-state index >= 15 is 0 Å². The van der Waals surface area contributed by atoms with Gasteiger partial charge < -0.3 is 4.55 Å². The molecule has 1 heterocycles. The largest absolute Gasteiger partial charge is 0.598 e. The van der Waals surface area contributed by atoms with Crippen molar-refractivity contribution in [2.75, 3.05) is 0 Å². The van der Waals surface area contributed by atoms with Crippen LogP contribution in [0.4, 0.5) is 4.39 Å². The molecule has 1 N–H and O–H groups in total. The molecule has 0 saturated carbocycles. The number of hydrogen-bond acceptors (Lipinski definition) is 3. The van der Waals surface area contributed by atoms with Crippen LogP contribution in [-0.4, -0.2) is 19.1 Å². The molecule has 0 fully saturated rings. The number of nitrogens with zero attached hydrogens (tertiary/aromatic N) is 2. The lowest BCUT2D eigenvalue weighted by atomic mass is 9.93. The average molecular weight is 349 g/mol. The van der Waals surface area contributed by atoms with Gasteiger partial charge >= 0.3 is 0 Å². The lowest BCUT2D eigenvalue weighted by Crippen LogP contribution is -2.42. The first-order valence-corrected chi connectivity index (χ1v) is 9.44. The van der Waals surface area contributed by atoms with Gasteiger partial charge in [-0.1, -0.05) is 6.07 Å². The third kappa shape index (κ3) is 3.36. The Hall–Kier alpha value is -1.37. The number of hydrogen-bond donors (Lipinski definition) is 1. The highest BCUT2D eigenvalue weighted by Crippen LogP contribution is 2.33. The second kappa shape index (κ2) is 6.50. The maximum absolute atomic E-state index is 14.2. The normalized spacial score (nSPS) is 19.2. The van der Waals surface area contributed by atoms with Crippen LogP contribution in [0.25, 0.3) is 5.69 Å². The Bertz CT molecular complexity index is 738. The fourth-order valence-electron chi connectivity index (χ4n) is 2.98. The third-order valence-electron chi connectivity index (χ3n) is 4.32. The third-order valence-corrected chi connectivity index (χ3v) is 5.93. The van der Waals surface area contributed by atoms with E-state index in [2.05, 4.69) is 9.82 Å². The number of benzene rings is 1. The molecule has 130 valence electrons. The van der Waals surface area contributed by atoms with E-state index in [1.54, 1.807) is 16.9 Å². The first-order chi connectivity index (χ1) is 11.3. The van der Waals surface area contributed by atoms with E-state index in [0.29, 0.717) is 5.69 Å². The summed E-state index contributed by atoms with van der Waals surface area (Å²) in [4.78, 5) is 0. The van der Waals surface area contributed by atoms with Gasteiger partial charge in [-0.2, -0.15) is 5.10 Å². The van der Waals surface area contributed by atoms with Crippen molar-refractivity contribution in [3.05, 3.63) is 47.0 Å². The molecule has 6 heteroatoms. The zero-order valence-corrected chi connectivity index (χ0v) is 15.4. The summed E-state index contributed by atoms with van der Waals surface area (Å²) in [5.74, 6) is -0.278. The van der Waals surface area contributed by atoms with E-state index in [-0.39, 0.29) is 16.6 Å². The van der Waals surface area contributed by atoms with Crippen molar-refractivity contribution in [1.82, 2.24) is 14.5 Å². The standard InChI is InChI=1S/C18H24FN3OS/c1-12-8-9-14(19)17(10-12)22-16-7-5-6-15(13(16)11-20-22)21-24(23)18(2,3)4/h8-11,15,21H,5-7H2,1-4H3/t15-,24?/m1/s1. The van der Waals surface area contributed by atoms with Crippen molar-refractivity contribution in [2.45, 2.75) is 57.7 Å². The molecule has 24 heavy (non-hydrogen) atoms. The maximum Gasteiger partial charge on any atom is 0.148 e. The monoisotopic (exact) mass is 349 g/mol. The van der Waals surface area contributed by atoms with E-state index in [9.17, 15) is 8.94 Å². The summed E-state index contributed by atoms with van der Waals surface area (Å²) in [6.45, 7) is 7.79. The second-order valence-electron chi connectivity index (χ2n) is 7.36. The van der Waals surface area contributed by atoms with Gasteiger partial charge in [-0.05, 0) is 64.7 Å². The van der Waals surface area contributed by atoms with E-state index in [0.717, 1.165) is 36.1 Å². The van der Waals surface area contributed by atoms with E-state index in [1.807, 2.05) is 33.8 Å². The van der Waals surface area contributed by atoms with Crippen LogP contribution in [0, 0.1) is 12.7 Å². The van der Waals surface area contributed by atoms with Gasteiger partial charge in [-0.15, -0.1) is 4.72 Å². The minimum Gasteiger partial charge on any atom is -0.598 e. The Morgan fingerprint density at radius 1 is 1.38 bits per heavy atom. The minimum absolute atomic E-state index is 0.00423. The Kier molecular flexibility index (Phi) is 4.73. The molecule has 1 aromatic heterocycles. The van der Waals surface area contributed by atoms with Crippen molar-refractivity contribution in [1.29, 1.82) is 0 Å². The number of aryl methyl sites for hydroxylation is 1. The fraction of sp³-hybridized carbons (Fsp3) is 0.500. The zero-order chi connectivity index (χ0) is 17.5. The molecule has 0 saturated heterocycles. The molecular weight excluding hydrogens is 325 g/mol. The number of halogens is 1. The molecule has 0 radical (unpaired) electrons. The smallest absolute Gasteiger partial charge is 0.148 e. The molecule has 3 rings (SSSR count). The maximum atomic E-state index is 14.2. The predicted octanol–water partition coefficient (Wildman–Crippen LogP) is 3.75. The van der Waals surface area contributed by atoms with Crippen molar-refractivity contribution < 1.29 is 8.94 Å². The number of rotatable bonds is 3. The van der Waals surface area contributed by atoms with Gasteiger partial charge in [0.1, 0.15) is 16.3 Å². The molecule has 2 aromatic rings. The second-order valence-corrected chi connectivity index (χ2v) is 9.35. The Morgan fingerprint density at radius 2 is 2.12 bits per heavy atom. The summed E-state index contributed by atoms with van der Waals surface area (Å²) in [5, 5.41) is 4.43. The van der Waals surface area contributed by atoms with Crippen LogP contribution in [0.5, 0.6) is 0 Å². The highest BCUT2D eigenvalue weighted by Gasteiger charge is 2.33. The number of aromatic nitrogens is 2. The SMILES string of the molecule is Cc1ccc(F)c(-n2ncc3c2CCC[C@H]3N[S+]([O-])C(C)(C)C)c1. The van der Waals surface area contributed by atoms with Gasteiger partial charge in [0.2, 0.25) is 0 Å². The van der Waals surface area contributed by atoms with Crippen LogP contribution in [0.3, 0.4) is 0 Å². The highest BCUT2D eigenvalue weighted by molar-refractivity contribution is 7.90. The topological polar surface area (TPSA) is 52.9 Å². The lowest BCUT2D eigenvalue weighted by Gasteiger charge is -2.30. The van der Waals surface area contributed by atoms with Crippen LogP contribution < -0.4 is 4.72 Å². The Morgan fingerprint density at radius 3 is 2.83 bits per heavy atom. The molecule has 1 unspecified atom stereocenters. The van der Waals surface area contributed by atoms with Gasteiger partial charge in [0.15, 0.2) is 0 Å². The van der Waals surface area contributed by atoms with Crippen molar-refractivity contribution >= 4 is 11.4 Å². The molecule has 1 aromatic carbocycles. The Balaban J connectivity index is 1.94. The molecule has 0 amide bonds. The molecule has 0 spiro atoms. The van der Waals surface area contributed by atoms with Gasteiger partial charge in [-0.25, -0.2) is 9.07 Å². The number of fused-ring (bicyclic) bond motifs is 1. The van der Waals surface area contributed by atoms with Crippen molar-refractivity contribution in [3.63, 3.8) is 0 Å². The highest BCUT2D eigenvalue weighted by atomic mass is 32.2. The van der Waals surface area contributed by atoms with Gasteiger partial charge in [0.05, 0.1) is 12.2 Å². The van der Waals surface area contributed by atoms with Crippen molar-refractivity contribution in [3.8, 4) is 5.69 Å². The summed E-state index contributed by atoms with van der Waals surface area (Å²) < 4.78 is 31.3. The molecule has 1 aliphatic rings. The van der Waals surface area contributed by atoms with E-state index < -0.39 is 11.4 Å². The molecule has 4 nitrogen and oxygen atoms in total. The van der Waals surface area contributed by atoms with Crippen LogP contribution in [-0.2, 0) is 17.8 Å². The van der Waals surface area contributed by atoms with Gasteiger partial charge in [0, 0.05) is 22.6 Å². The quantitative estimate of drug-likeness (QED) is 0.859. The molecule has 0 aliphatic heterocycles. The summed E-state index contributed by atoms with van der Waals surface area (Å²) in [5.41, 5.74) is 3.51. The summed E-state index contributed by atoms with van der Waals surface area (Å²) >= 11 is -1.15. The minimum atomic E-state index is -1.15. The molecule has 1 aliphatic carbocycles. The van der Waals surface area contributed by atoms with Gasteiger partial charge in [-0.3, -0.25) is 0 Å². The van der Waals surface area contributed by atoms with E-state index in [1.165, 1.54) is 6.07 Å².